The summed E-state index contributed by atoms with van der Waals surface area (Å²) >= 11 is 0. The molecule has 102 valence electrons. The molecule has 0 aromatic heterocycles. The molecule has 0 spiro atoms. The minimum atomic E-state index is -3.52. The van der Waals surface area contributed by atoms with Crippen molar-refractivity contribution >= 4 is 16.0 Å². The molecule has 0 heterocycles. The van der Waals surface area contributed by atoms with Gasteiger partial charge in [0.15, 0.2) is 0 Å². The first kappa shape index (κ1) is 16.1. The van der Waals surface area contributed by atoms with E-state index in [0.29, 0.717) is 6.54 Å². The number of hydrogen-bond acceptors (Lipinski definition) is 4. The first-order valence-corrected chi connectivity index (χ1v) is 6.93. The minimum Gasteiger partial charge on any atom is -0.409 e. The zero-order valence-corrected chi connectivity index (χ0v) is 11.5. The molecule has 0 aromatic rings. The molecule has 17 heavy (non-hydrogen) atoms. The molecule has 7 nitrogen and oxygen atoms in total. The summed E-state index contributed by atoms with van der Waals surface area (Å²) in [5.41, 5.74) is 5.42. The highest BCUT2D eigenvalue weighted by atomic mass is 32.2. The summed E-state index contributed by atoms with van der Waals surface area (Å²) < 4.78 is 27.5. The van der Waals surface area contributed by atoms with E-state index < -0.39 is 10.2 Å². The predicted octanol–water partition coefficient (Wildman–Crippen LogP) is -0.0664. The van der Waals surface area contributed by atoms with Crippen LogP contribution in [0.2, 0.25) is 0 Å². The van der Waals surface area contributed by atoms with Crippen LogP contribution in [-0.2, 0) is 10.2 Å². The van der Waals surface area contributed by atoms with Gasteiger partial charge in [-0.2, -0.15) is 17.4 Å². The van der Waals surface area contributed by atoms with Gasteiger partial charge in [0.1, 0.15) is 5.84 Å². The van der Waals surface area contributed by atoms with Crippen LogP contribution >= 0.6 is 0 Å². The molecule has 0 saturated heterocycles. The molecule has 0 rings (SSSR count). The standard InChI is InChI=1S/C9H22N4O3S/c1-5-13(6-8(4)9(10)11-14)17(15,16)12-7(2)3/h7-8,12,14H,5-6H2,1-4H3,(H2,10,11). The van der Waals surface area contributed by atoms with E-state index in [1.54, 1.807) is 27.7 Å². The third-order valence-corrected chi connectivity index (χ3v) is 4.03. The Morgan fingerprint density at radius 3 is 2.35 bits per heavy atom. The van der Waals surface area contributed by atoms with Crippen molar-refractivity contribution in [3.8, 4) is 0 Å². The largest absolute Gasteiger partial charge is 0.409 e. The first-order valence-electron chi connectivity index (χ1n) is 5.49. The van der Waals surface area contributed by atoms with Gasteiger partial charge in [-0.05, 0) is 13.8 Å². The maximum Gasteiger partial charge on any atom is 0.279 e. The molecule has 0 fully saturated rings. The Balaban J connectivity index is 4.75. The quantitative estimate of drug-likeness (QED) is 0.259. The molecule has 0 amide bonds. The molecule has 1 unspecified atom stereocenters. The Bertz CT molecular complexity index is 353. The lowest BCUT2D eigenvalue weighted by Gasteiger charge is -2.24. The molecule has 4 N–H and O–H groups in total. The first-order chi connectivity index (χ1) is 7.74. The molecule has 0 aromatic carbocycles. The van der Waals surface area contributed by atoms with Crippen molar-refractivity contribution in [1.82, 2.24) is 9.03 Å². The fraction of sp³-hybridized carbons (Fsp3) is 0.889. The smallest absolute Gasteiger partial charge is 0.279 e. The van der Waals surface area contributed by atoms with Gasteiger partial charge in [-0.3, -0.25) is 0 Å². The van der Waals surface area contributed by atoms with Gasteiger partial charge in [0.25, 0.3) is 10.2 Å². The van der Waals surface area contributed by atoms with Crippen LogP contribution in [0.3, 0.4) is 0 Å². The molecule has 0 aliphatic rings. The topological polar surface area (TPSA) is 108 Å². The Hall–Kier alpha value is -0.860. The third kappa shape index (κ3) is 5.33. The molecule has 8 heteroatoms. The highest BCUT2D eigenvalue weighted by Gasteiger charge is 2.24. The highest BCUT2D eigenvalue weighted by Crippen LogP contribution is 2.05. The number of hydrogen-bond donors (Lipinski definition) is 3. The van der Waals surface area contributed by atoms with Gasteiger partial charge < -0.3 is 10.9 Å². The van der Waals surface area contributed by atoms with Crippen LogP contribution in [0, 0.1) is 5.92 Å². The van der Waals surface area contributed by atoms with E-state index in [9.17, 15) is 8.42 Å². The number of rotatable bonds is 7. The van der Waals surface area contributed by atoms with E-state index >= 15 is 0 Å². The number of amidine groups is 1. The van der Waals surface area contributed by atoms with Crippen molar-refractivity contribution in [2.24, 2.45) is 16.8 Å². The second kappa shape index (κ2) is 6.77. The maximum atomic E-state index is 11.9. The SMILES string of the molecule is CCN(CC(C)C(N)=NO)S(=O)(=O)NC(C)C. The van der Waals surface area contributed by atoms with Gasteiger partial charge in [-0.1, -0.05) is 19.0 Å². The lowest BCUT2D eigenvalue weighted by Crippen LogP contribution is -2.46. The van der Waals surface area contributed by atoms with E-state index in [1.165, 1.54) is 4.31 Å². The van der Waals surface area contributed by atoms with Crippen LogP contribution < -0.4 is 10.5 Å². The fourth-order valence-corrected chi connectivity index (χ4v) is 2.77. The third-order valence-electron chi connectivity index (χ3n) is 2.18. The van der Waals surface area contributed by atoms with Crippen LogP contribution in [0.5, 0.6) is 0 Å². The summed E-state index contributed by atoms with van der Waals surface area (Å²) in [5, 5.41) is 11.4. The molecule has 0 bridgehead atoms. The Morgan fingerprint density at radius 1 is 1.47 bits per heavy atom. The van der Waals surface area contributed by atoms with Crippen LogP contribution in [0.4, 0.5) is 0 Å². The lowest BCUT2D eigenvalue weighted by atomic mass is 10.1. The zero-order chi connectivity index (χ0) is 13.6. The number of oxime groups is 1. The van der Waals surface area contributed by atoms with Crippen LogP contribution in [0.15, 0.2) is 5.16 Å². The zero-order valence-electron chi connectivity index (χ0n) is 10.7. The molecule has 0 aliphatic carbocycles. The monoisotopic (exact) mass is 266 g/mol. The van der Waals surface area contributed by atoms with Crippen LogP contribution in [0.1, 0.15) is 27.7 Å². The van der Waals surface area contributed by atoms with Crippen molar-refractivity contribution in [2.75, 3.05) is 13.1 Å². The Morgan fingerprint density at radius 2 is 2.00 bits per heavy atom. The molecular weight excluding hydrogens is 244 g/mol. The fourth-order valence-electron chi connectivity index (χ4n) is 1.27. The molecule has 0 aliphatic heterocycles. The molecular formula is C9H22N4O3S. The second-order valence-corrected chi connectivity index (χ2v) is 5.86. The summed E-state index contributed by atoms with van der Waals surface area (Å²) in [4.78, 5) is 0. The molecule has 0 radical (unpaired) electrons. The summed E-state index contributed by atoms with van der Waals surface area (Å²) in [6.07, 6.45) is 0. The maximum absolute atomic E-state index is 11.9. The second-order valence-electron chi connectivity index (χ2n) is 4.15. The summed E-state index contributed by atoms with van der Waals surface area (Å²) in [7, 11) is -3.52. The minimum absolute atomic E-state index is 0.0168. The molecule has 0 saturated carbocycles. The number of nitrogens with one attached hydrogen (secondary N) is 1. The lowest BCUT2D eigenvalue weighted by molar-refractivity contribution is 0.310. The van der Waals surface area contributed by atoms with E-state index in [4.69, 9.17) is 10.9 Å². The Kier molecular flexibility index (Phi) is 6.43. The average Bonchev–Trinajstić information content (AvgIpc) is 2.22. The highest BCUT2D eigenvalue weighted by molar-refractivity contribution is 7.87. The van der Waals surface area contributed by atoms with Crippen molar-refractivity contribution in [3.05, 3.63) is 0 Å². The normalized spacial score (nSPS) is 15.5. The van der Waals surface area contributed by atoms with E-state index in [0.717, 1.165) is 0 Å². The van der Waals surface area contributed by atoms with Gasteiger partial charge in [0.2, 0.25) is 0 Å². The van der Waals surface area contributed by atoms with Gasteiger partial charge in [-0.15, -0.1) is 0 Å². The van der Waals surface area contributed by atoms with Gasteiger partial charge in [0.05, 0.1) is 0 Å². The van der Waals surface area contributed by atoms with Gasteiger partial charge in [-0.25, -0.2) is 0 Å². The predicted molar refractivity (Wildman–Crippen MR) is 67.0 cm³/mol. The number of nitrogens with two attached hydrogens (primary N) is 1. The Labute approximate surface area is 103 Å². The van der Waals surface area contributed by atoms with Crippen LogP contribution in [0.25, 0.3) is 0 Å². The van der Waals surface area contributed by atoms with Crippen molar-refractivity contribution < 1.29 is 13.6 Å². The molecule has 1 atom stereocenters. The van der Waals surface area contributed by atoms with Crippen molar-refractivity contribution in [1.29, 1.82) is 0 Å². The summed E-state index contributed by atoms with van der Waals surface area (Å²) in [6, 6.07) is -0.173. The van der Waals surface area contributed by atoms with E-state index in [1.807, 2.05) is 0 Å². The van der Waals surface area contributed by atoms with E-state index in [-0.39, 0.29) is 24.3 Å². The van der Waals surface area contributed by atoms with Crippen LogP contribution in [-0.4, -0.2) is 42.9 Å². The van der Waals surface area contributed by atoms with Gasteiger partial charge in [0, 0.05) is 25.0 Å². The van der Waals surface area contributed by atoms with Gasteiger partial charge >= 0.3 is 0 Å². The summed E-state index contributed by atoms with van der Waals surface area (Å²) in [5.74, 6) is -0.327. The van der Waals surface area contributed by atoms with Crippen molar-refractivity contribution in [2.45, 2.75) is 33.7 Å². The number of nitrogens with zero attached hydrogens (tertiary/aromatic N) is 2. The average molecular weight is 266 g/mol. The summed E-state index contributed by atoms with van der Waals surface area (Å²) in [6.45, 7) is 7.43. The van der Waals surface area contributed by atoms with Crippen molar-refractivity contribution in [3.63, 3.8) is 0 Å². The van der Waals surface area contributed by atoms with E-state index in [2.05, 4.69) is 9.88 Å².